The molecule has 3 rings (SSSR count). The van der Waals surface area contributed by atoms with Gasteiger partial charge in [0.1, 0.15) is 5.75 Å². The van der Waals surface area contributed by atoms with Gasteiger partial charge < -0.3 is 10.0 Å². The highest BCUT2D eigenvalue weighted by molar-refractivity contribution is 5.85. The number of benzene rings is 2. The van der Waals surface area contributed by atoms with Gasteiger partial charge >= 0.3 is 0 Å². The lowest BCUT2D eigenvalue weighted by Gasteiger charge is -2.17. The molecule has 0 fully saturated rings. The van der Waals surface area contributed by atoms with Gasteiger partial charge in [0.15, 0.2) is 0 Å². The van der Waals surface area contributed by atoms with E-state index in [2.05, 4.69) is 67.6 Å². The molecule has 1 aliphatic rings. The molecule has 0 saturated carbocycles. The van der Waals surface area contributed by atoms with Gasteiger partial charge in [0.05, 0.1) is 0 Å². The first kappa shape index (κ1) is 16.1. The Hall–Kier alpha value is -2.74. The van der Waals surface area contributed by atoms with Crippen molar-refractivity contribution in [1.82, 2.24) is 4.90 Å². The summed E-state index contributed by atoms with van der Waals surface area (Å²) in [4.78, 5) is 2.13. The van der Waals surface area contributed by atoms with Crippen LogP contribution >= 0.6 is 0 Å². The maximum absolute atomic E-state index is 10.4. The number of likely N-dealkylation sites (N-methyl/N-ethyl adjacent to an activating group) is 1. The van der Waals surface area contributed by atoms with E-state index in [1.54, 1.807) is 6.07 Å². The molecule has 0 aliphatic carbocycles. The van der Waals surface area contributed by atoms with E-state index in [-0.39, 0.29) is 0 Å². The monoisotopic (exact) mass is 317 g/mol. The molecule has 0 atom stereocenters. The van der Waals surface area contributed by atoms with Crippen LogP contribution in [0.1, 0.15) is 22.3 Å². The Bertz CT molecular complexity index is 826. The van der Waals surface area contributed by atoms with Crippen molar-refractivity contribution in [3.8, 4) is 5.75 Å². The molecule has 122 valence electrons. The zero-order chi connectivity index (χ0) is 17.1. The Morgan fingerprint density at radius 2 is 1.75 bits per heavy atom. The summed E-state index contributed by atoms with van der Waals surface area (Å²) in [6.45, 7) is 5.02. The van der Waals surface area contributed by atoms with E-state index in [0.717, 1.165) is 34.4 Å². The fourth-order valence-electron chi connectivity index (χ4n) is 2.78. The molecule has 1 N–H and O–H groups in total. The Morgan fingerprint density at radius 3 is 2.42 bits per heavy atom. The number of hydrogen-bond acceptors (Lipinski definition) is 2. The van der Waals surface area contributed by atoms with Crippen LogP contribution in [0, 0.1) is 13.8 Å². The molecule has 0 aromatic heterocycles. The van der Waals surface area contributed by atoms with Crippen LogP contribution in [0.5, 0.6) is 5.75 Å². The molecule has 0 saturated heterocycles. The number of phenols is 1. The number of phenolic OH excluding ortho intramolecular Hbond substituents is 1. The maximum atomic E-state index is 10.4. The van der Waals surface area contributed by atoms with E-state index in [0.29, 0.717) is 5.75 Å². The standard InChI is InChI=1S/C22H23NO/c1-16-4-7-19(8-5-16)20(15-18-10-12-23(3)13-11-18)21-14-17(2)6-9-22(21)24/h4-12,14-15,24H,13H2,1-3H3/b20-15+. The number of allylic oxidation sites excluding steroid dienone is 3. The van der Waals surface area contributed by atoms with Crippen molar-refractivity contribution in [1.29, 1.82) is 0 Å². The van der Waals surface area contributed by atoms with Crippen molar-refractivity contribution in [3.63, 3.8) is 0 Å². The Labute approximate surface area is 144 Å². The molecule has 1 heterocycles. The quantitative estimate of drug-likeness (QED) is 0.877. The first-order valence-electron chi connectivity index (χ1n) is 8.20. The fourth-order valence-corrected chi connectivity index (χ4v) is 2.78. The zero-order valence-electron chi connectivity index (χ0n) is 14.5. The predicted molar refractivity (Wildman–Crippen MR) is 101 cm³/mol. The molecule has 2 nitrogen and oxygen atoms in total. The van der Waals surface area contributed by atoms with Crippen LogP contribution < -0.4 is 0 Å². The second-order valence-corrected chi connectivity index (χ2v) is 6.40. The van der Waals surface area contributed by atoms with Crippen LogP contribution in [0.25, 0.3) is 5.57 Å². The van der Waals surface area contributed by atoms with Crippen molar-refractivity contribution in [2.45, 2.75) is 13.8 Å². The molecule has 0 radical (unpaired) electrons. The van der Waals surface area contributed by atoms with Crippen molar-refractivity contribution in [3.05, 3.63) is 94.7 Å². The van der Waals surface area contributed by atoms with Crippen molar-refractivity contribution in [2.24, 2.45) is 0 Å². The summed E-state index contributed by atoms with van der Waals surface area (Å²) in [5, 5.41) is 10.4. The third kappa shape index (κ3) is 3.60. The van der Waals surface area contributed by atoms with Crippen molar-refractivity contribution in [2.75, 3.05) is 13.6 Å². The van der Waals surface area contributed by atoms with Gasteiger partial charge in [-0.05, 0) is 61.0 Å². The van der Waals surface area contributed by atoms with Crippen LogP contribution in [0.15, 0.2) is 72.5 Å². The first-order valence-corrected chi connectivity index (χ1v) is 8.20. The third-order valence-electron chi connectivity index (χ3n) is 4.25. The molecule has 0 spiro atoms. The van der Waals surface area contributed by atoms with E-state index < -0.39 is 0 Å². The smallest absolute Gasteiger partial charge is 0.123 e. The molecule has 2 heteroatoms. The molecule has 2 aromatic carbocycles. The molecule has 0 unspecified atom stereocenters. The summed E-state index contributed by atoms with van der Waals surface area (Å²) in [6, 6.07) is 14.2. The van der Waals surface area contributed by atoms with Crippen LogP contribution in [0.4, 0.5) is 0 Å². The van der Waals surface area contributed by atoms with E-state index in [1.165, 1.54) is 5.56 Å². The number of nitrogens with zero attached hydrogens (tertiary/aromatic N) is 1. The molecule has 1 aliphatic heterocycles. The average molecular weight is 317 g/mol. The van der Waals surface area contributed by atoms with Gasteiger partial charge in [-0.3, -0.25) is 0 Å². The maximum Gasteiger partial charge on any atom is 0.123 e. The minimum Gasteiger partial charge on any atom is -0.507 e. The van der Waals surface area contributed by atoms with Gasteiger partial charge in [-0.15, -0.1) is 0 Å². The second kappa shape index (κ2) is 6.79. The van der Waals surface area contributed by atoms with Gasteiger partial charge in [0.2, 0.25) is 0 Å². The van der Waals surface area contributed by atoms with Crippen LogP contribution in [0.3, 0.4) is 0 Å². The summed E-state index contributed by atoms with van der Waals surface area (Å²) in [6.07, 6.45) is 8.53. The van der Waals surface area contributed by atoms with Gasteiger partial charge in [-0.25, -0.2) is 0 Å². The summed E-state index contributed by atoms with van der Waals surface area (Å²) in [7, 11) is 2.06. The van der Waals surface area contributed by atoms with E-state index in [9.17, 15) is 5.11 Å². The van der Waals surface area contributed by atoms with Gasteiger partial charge in [0, 0.05) is 19.2 Å². The number of aryl methyl sites for hydroxylation is 2. The lowest BCUT2D eigenvalue weighted by Crippen LogP contribution is -2.13. The van der Waals surface area contributed by atoms with Crippen LogP contribution in [-0.4, -0.2) is 23.6 Å². The van der Waals surface area contributed by atoms with Crippen molar-refractivity contribution >= 4 is 5.57 Å². The predicted octanol–water partition coefficient (Wildman–Crippen LogP) is 4.83. The highest BCUT2D eigenvalue weighted by Crippen LogP contribution is 2.32. The number of rotatable bonds is 3. The third-order valence-corrected chi connectivity index (χ3v) is 4.25. The minimum absolute atomic E-state index is 0.310. The number of aromatic hydroxyl groups is 1. The fraction of sp³-hybridized carbons (Fsp3) is 0.182. The Morgan fingerprint density at radius 1 is 1.04 bits per heavy atom. The average Bonchev–Trinajstić information content (AvgIpc) is 2.58. The lowest BCUT2D eigenvalue weighted by molar-refractivity contribution is 0.473. The van der Waals surface area contributed by atoms with Gasteiger partial charge in [0.25, 0.3) is 0 Å². The minimum atomic E-state index is 0.310. The summed E-state index contributed by atoms with van der Waals surface area (Å²) in [5.41, 5.74) is 6.53. The zero-order valence-corrected chi connectivity index (χ0v) is 14.5. The highest BCUT2D eigenvalue weighted by atomic mass is 16.3. The van der Waals surface area contributed by atoms with E-state index in [4.69, 9.17) is 0 Å². The van der Waals surface area contributed by atoms with Crippen LogP contribution in [-0.2, 0) is 0 Å². The van der Waals surface area contributed by atoms with E-state index >= 15 is 0 Å². The molecular weight excluding hydrogens is 294 g/mol. The topological polar surface area (TPSA) is 23.5 Å². The summed E-state index contributed by atoms with van der Waals surface area (Å²) in [5.74, 6) is 0.310. The molecule has 0 amide bonds. The SMILES string of the molecule is Cc1ccc(/C(=C\C2=CCN(C)C=C2)c2cc(C)ccc2O)cc1. The lowest BCUT2D eigenvalue weighted by atomic mass is 9.93. The summed E-state index contributed by atoms with van der Waals surface area (Å²) < 4.78 is 0. The molecule has 0 bridgehead atoms. The molecule has 24 heavy (non-hydrogen) atoms. The second-order valence-electron chi connectivity index (χ2n) is 6.40. The summed E-state index contributed by atoms with van der Waals surface area (Å²) >= 11 is 0. The first-order chi connectivity index (χ1) is 11.5. The largest absolute Gasteiger partial charge is 0.507 e. The van der Waals surface area contributed by atoms with Gasteiger partial charge in [-0.2, -0.15) is 0 Å². The van der Waals surface area contributed by atoms with Gasteiger partial charge in [-0.1, -0.05) is 47.5 Å². The van der Waals surface area contributed by atoms with Crippen molar-refractivity contribution < 1.29 is 5.11 Å². The molecular formula is C22H23NO. The highest BCUT2D eigenvalue weighted by Gasteiger charge is 2.11. The molecule has 2 aromatic rings. The Balaban J connectivity index is 2.12. The van der Waals surface area contributed by atoms with E-state index in [1.807, 2.05) is 19.1 Å². The number of hydrogen-bond donors (Lipinski definition) is 1. The van der Waals surface area contributed by atoms with Crippen LogP contribution in [0.2, 0.25) is 0 Å². The Kier molecular flexibility index (Phi) is 4.57. The normalized spacial score (nSPS) is 14.7.